The van der Waals surface area contributed by atoms with Crippen LogP contribution in [0.1, 0.15) is 5.69 Å². The molecule has 3 heterocycles. The molecule has 11 heteroatoms. The van der Waals surface area contributed by atoms with Gasteiger partial charge in [0.2, 0.25) is 5.88 Å². The second-order valence-electron chi connectivity index (χ2n) is 5.19. The summed E-state index contributed by atoms with van der Waals surface area (Å²) in [5.41, 5.74) is -1.18. The number of nitrogens with zero attached hydrogens (tertiary/aromatic N) is 4. The highest BCUT2D eigenvalue weighted by atomic mass is 32.2. The van der Waals surface area contributed by atoms with Crippen LogP contribution in [0.15, 0.2) is 53.8 Å². The van der Waals surface area contributed by atoms with Crippen LogP contribution in [0.2, 0.25) is 0 Å². The Kier molecular flexibility index (Phi) is 4.40. The Balaban J connectivity index is 2.06. The number of hydrogen-bond acceptors (Lipinski definition) is 6. The highest BCUT2D eigenvalue weighted by Crippen LogP contribution is 2.33. The van der Waals surface area contributed by atoms with Crippen molar-refractivity contribution < 1.29 is 26.3 Å². The number of halogens is 3. The summed E-state index contributed by atoms with van der Waals surface area (Å²) in [5.74, 6) is -0.0770. The van der Waals surface area contributed by atoms with Crippen molar-refractivity contribution in [2.24, 2.45) is 0 Å². The van der Waals surface area contributed by atoms with Crippen molar-refractivity contribution in [3.05, 3.63) is 54.6 Å². The van der Waals surface area contributed by atoms with Gasteiger partial charge in [-0.2, -0.15) is 23.0 Å². The maximum absolute atomic E-state index is 13.0. The van der Waals surface area contributed by atoms with E-state index < -0.39 is 21.7 Å². The van der Waals surface area contributed by atoms with Gasteiger partial charge in [0.15, 0.2) is 21.3 Å². The molecule has 0 saturated heterocycles. The van der Waals surface area contributed by atoms with Gasteiger partial charge in [-0.25, -0.2) is 13.4 Å². The Bertz CT molecular complexity index is 1020. The van der Waals surface area contributed by atoms with Gasteiger partial charge in [-0.1, -0.05) is 0 Å². The van der Waals surface area contributed by atoms with Gasteiger partial charge in [0.1, 0.15) is 5.75 Å². The minimum Gasteiger partial charge on any atom is -0.437 e. The van der Waals surface area contributed by atoms with Gasteiger partial charge in [-0.15, -0.1) is 0 Å². The van der Waals surface area contributed by atoms with Gasteiger partial charge in [0.05, 0.1) is 11.1 Å². The highest BCUT2D eigenvalue weighted by Gasteiger charge is 2.36. The summed E-state index contributed by atoms with van der Waals surface area (Å²) >= 11 is 0. The molecule has 0 spiro atoms. The third-order valence-corrected chi connectivity index (χ3v) is 4.29. The molecular weight excluding hydrogens is 373 g/mol. The average molecular weight is 384 g/mol. The largest absolute Gasteiger partial charge is 0.437 e. The predicted octanol–water partition coefficient (Wildman–Crippen LogP) is 2.88. The van der Waals surface area contributed by atoms with E-state index in [1.807, 2.05) is 0 Å². The van der Waals surface area contributed by atoms with Crippen LogP contribution in [0.25, 0.3) is 5.82 Å². The molecule has 0 bridgehead atoms. The molecule has 0 aromatic carbocycles. The van der Waals surface area contributed by atoms with E-state index in [9.17, 15) is 21.6 Å². The van der Waals surface area contributed by atoms with E-state index in [4.69, 9.17) is 4.74 Å². The molecule has 3 aromatic rings. The molecule has 0 amide bonds. The smallest absolute Gasteiger partial charge is 0.435 e. The zero-order valence-corrected chi connectivity index (χ0v) is 14.0. The number of aromatic nitrogens is 4. The zero-order valence-electron chi connectivity index (χ0n) is 13.2. The van der Waals surface area contributed by atoms with E-state index in [-0.39, 0.29) is 22.3 Å². The number of rotatable bonds is 4. The van der Waals surface area contributed by atoms with Gasteiger partial charge in [-0.3, -0.25) is 4.98 Å². The first-order valence-electron chi connectivity index (χ1n) is 7.06. The van der Waals surface area contributed by atoms with Gasteiger partial charge < -0.3 is 4.74 Å². The maximum atomic E-state index is 13.0. The fourth-order valence-corrected chi connectivity index (χ4v) is 2.54. The molecule has 0 N–H and O–H groups in total. The summed E-state index contributed by atoms with van der Waals surface area (Å²) in [6, 6.07) is 6.25. The predicted molar refractivity (Wildman–Crippen MR) is 83.8 cm³/mol. The molecule has 0 aliphatic carbocycles. The summed E-state index contributed by atoms with van der Waals surface area (Å²) in [6.07, 6.45) is 0.149. The molecule has 0 fully saturated rings. The summed E-state index contributed by atoms with van der Waals surface area (Å²) in [7, 11) is -3.49. The summed E-state index contributed by atoms with van der Waals surface area (Å²) in [4.78, 5) is 7.62. The van der Waals surface area contributed by atoms with Crippen LogP contribution < -0.4 is 4.74 Å². The standard InChI is InChI=1S/C15H11F3N4O3S/c1-26(23,24)11-4-5-13(20-9-11)22-14(7-12(21-22)15(16,17)18)25-10-3-2-6-19-8-10/h2-9H,1H3. The van der Waals surface area contributed by atoms with Crippen LogP contribution in [-0.2, 0) is 16.0 Å². The number of hydrogen-bond donors (Lipinski definition) is 0. The topological polar surface area (TPSA) is 87.0 Å². The lowest BCUT2D eigenvalue weighted by Crippen LogP contribution is -2.08. The van der Waals surface area contributed by atoms with Crippen molar-refractivity contribution in [3.8, 4) is 17.4 Å². The first-order chi connectivity index (χ1) is 12.1. The molecule has 0 radical (unpaired) electrons. The van der Waals surface area contributed by atoms with E-state index in [0.717, 1.165) is 23.2 Å². The quantitative estimate of drug-likeness (QED) is 0.687. The Morgan fingerprint density at radius 3 is 2.46 bits per heavy atom. The van der Waals surface area contributed by atoms with Crippen LogP contribution in [0.4, 0.5) is 13.2 Å². The van der Waals surface area contributed by atoms with Crippen molar-refractivity contribution in [2.45, 2.75) is 11.1 Å². The Morgan fingerprint density at radius 2 is 1.92 bits per heavy atom. The Hall–Kier alpha value is -2.95. The van der Waals surface area contributed by atoms with E-state index in [2.05, 4.69) is 15.1 Å². The monoisotopic (exact) mass is 384 g/mol. The first-order valence-corrected chi connectivity index (χ1v) is 8.95. The van der Waals surface area contributed by atoms with Crippen LogP contribution in [-0.4, -0.2) is 34.4 Å². The Labute approximate surface area is 146 Å². The van der Waals surface area contributed by atoms with Crippen molar-refractivity contribution in [2.75, 3.05) is 6.26 Å². The maximum Gasteiger partial charge on any atom is 0.435 e. The second kappa shape index (κ2) is 6.41. The van der Waals surface area contributed by atoms with Crippen molar-refractivity contribution in [3.63, 3.8) is 0 Å². The lowest BCUT2D eigenvalue weighted by Gasteiger charge is -2.08. The van der Waals surface area contributed by atoms with Gasteiger partial charge in [-0.05, 0) is 24.3 Å². The van der Waals surface area contributed by atoms with Crippen LogP contribution in [0.5, 0.6) is 11.6 Å². The molecule has 0 aliphatic heterocycles. The molecular formula is C15H11F3N4O3S. The fourth-order valence-electron chi connectivity index (χ4n) is 1.98. The molecule has 0 saturated carbocycles. The number of alkyl halides is 3. The van der Waals surface area contributed by atoms with E-state index in [1.54, 1.807) is 6.07 Å². The summed E-state index contributed by atoms with van der Waals surface area (Å²) < 4.78 is 68.3. The fraction of sp³-hybridized carbons (Fsp3) is 0.133. The molecule has 0 unspecified atom stereocenters. The molecule has 26 heavy (non-hydrogen) atoms. The average Bonchev–Trinajstić information content (AvgIpc) is 2.99. The number of pyridine rings is 2. The summed E-state index contributed by atoms with van der Waals surface area (Å²) in [5, 5.41) is 3.47. The number of sulfone groups is 1. The Morgan fingerprint density at radius 1 is 1.15 bits per heavy atom. The SMILES string of the molecule is CS(=O)(=O)c1ccc(-n2nc(C(F)(F)F)cc2Oc2cccnc2)nc1. The van der Waals surface area contributed by atoms with Crippen molar-refractivity contribution in [1.82, 2.24) is 19.7 Å². The van der Waals surface area contributed by atoms with Crippen LogP contribution in [0.3, 0.4) is 0 Å². The zero-order chi connectivity index (χ0) is 18.9. The van der Waals surface area contributed by atoms with E-state index in [0.29, 0.717) is 0 Å². The van der Waals surface area contributed by atoms with Crippen molar-refractivity contribution in [1.29, 1.82) is 0 Å². The molecule has 0 aliphatic rings. The van der Waals surface area contributed by atoms with E-state index >= 15 is 0 Å². The third kappa shape index (κ3) is 3.82. The molecule has 7 nitrogen and oxygen atoms in total. The third-order valence-electron chi connectivity index (χ3n) is 3.19. The normalized spacial score (nSPS) is 12.2. The first kappa shape index (κ1) is 17.9. The minimum atomic E-state index is -4.69. The lowest BCUT2D eigenvalue weighted by molar-refractivity contribution is -0.141. The van der Waals surface area contributed by atoms with Crippen molar-refractivity contribution >= 4 is 9.84 Å². The summed E-state index contributed by atoms with van der Waals surface area (Å²) in [6.45, 7) is 0. The molecule has 3 rings (SSSR count). The van der Waals surface area contributed by atoms with Gasteiger partial charge in [0.25, 0.3) is 0 Å². The lowest BCUT2D eigenvalue weighted by atomic mass is 10.4. The van der Waals surface area contributed by atoms with Crippen LogP contribution in [0, 0.1) is 0 Å². The second-order valence-corrected chi connectivity index (χ2v) is 7.21. The van der Waals surface area contributed by atoms with Crippen LogP contribution >= 0.6 is 0 Å². The van der Waals surface area contributed by atoms with Gasteiger partial charge in [0, 0.05) is 24.7 Å². The highest BCUT2D eigenvalue weighted by molar-refractivity contribution is 7.90. The molecule has 3 aromatic heterocycles. The molecule has 136 valence electrons. The minimum absolute atomic E-state index is 0.0354. The van der Waals surface area contributed by atoms with E-state index in [1.165, 1.54) is 30.6 Å². The van der Waals surface area contributed by atoms with Gasteiger partial charge >= 0.3 is 6.18 Å². The molecule has 0 atom stereocenters. The number of ether oxygens (including phenoxy) is 1.